The number of ketones is 1. The van der Waals surface area contributed by atoms with Crippen molar-refractivity contribution in [2.24, 2.45) is 0 Å². The molecular formula is C18H20ClN2OS2+. The van der Waals surface area contributed by atoms with Gasteiger partial charge in [0.2, 0.25) is 5.78 Å². The summed E-state index contributed by atoms with van der Waals surface area (Å²) in [6, 6.07) is 5.13. The molecular weight excluding hydrogens is 360 g/mol. The Balaban J connectivity index is 1.98. The smallest absolute Gasteiger partial charge is 0.271 e. The number of hydrogen-bond acceptors (Lipinski definition) is 3. The van der Waals surface area contributed by atoms with Crippen LogP contribution in [-0.4, -0.2) is 17.3 Å². The lowest BCUT2D eigenvalue weighted by molar-refractivity contribution is -0.692. The quantitative estimate of drug-likeness (QED) is 0.485. The van der Waals surface area contributed by atoms with Crippen LogP contribution in [0.5, 0.6) is 0 Å². The minimum atomic E-state index is -0.526. The monoisotopic (exact) mass is 379 g/mol. The summed E-state index contributed by atoms with van der Waals surface area (Å²) < 4.78 is 2.56. The molecule has 0 aliphatic heterocycles. The molecule has 0 fully saturated rings. The van der Waals surface area contributed by atoms with Gasteiger partial charge in [-0.3, -0.25) is 4.79 Å². The number of Topliss-reactive ketones (excluding diaryl/α,β-unsaturated/α-hetero) is 1. The van der Waals surface area contributed by atoms with E-state index in [1.54, 1.807) is 12.1 Å². The summed E-state index contributed by atoms with van der Waals surface area (Å²) >= 11 is 12.8. The van der Waals surface area contributed by atoms with Crippen LogP contribution in [0.25, 0.3) is 0 Å². The zero-order valence-electron chi connectivity index (χ0n) is 13.5. The van der Waals surface area contributed by atoms with Gasteiger partial charge in [-0.05, 0) is 50.3 Å². The highest BCUT2D eigenvalue weighted by Gasteiger charge is 2.34. The highest BCUT2D eigenvalue weighted by atomic mass is 35.5. The number of carbonyl (C=O) groups excluding carboxylic acids is 1. The number of fused-ring (bicyclic) bond motifs is 1. The van der Waals surface area contributed by atoms with Crippen molar-refractivity contribution in [3.63, 3.8) is 0 Å². The van der Waals surface area contributed by atoms with Crippen molar-refractivity contribution in [2.45, 2.75) is 38.6 Å². The van der Waals surface area contributed by atoms with E-state index in [2.05, 4.69) is 17.6 Å². The number of nitrogens with zero attached hydrogens (tertiary/aromatic N) is 1. The molecule has 126 valence electrons. The van der Waals surface area contributed by atoms with Crippen molar-refractivity contribution in [1.82, 2.24) is 5.32 Å². The molecule has 0 bridgehead atoms. The first-order valence-electron chi connectivity index (χ1n) is 8.20. The lowest BCUT2D eigenvalue weighted by Crippen LogP contribution is -2.51. The van der Waals surface area contributed by atoms with Gasteiger partial charge in [-0.15, -0.1) is 11.3 Å². The second-order valence-electron chi connectivity index (χ2n) is 5.91. The van der Waals surface area contributed by atoms with E-state index in [1.165, 1.54) is 35.3 Å². The number of thiocarbonyl (C=S) groups is 1. The standard InChI is InChI=1S/C18H19ClN2OS2/c1-2-20-18(23)16(17(22)14-7-8-15(19)24-14)21-10-9-12-5-3-4-6-13(12)11-21/h7-11,16H,2-6H2,1H3/p+1. The molecule has 1 atom stereocenters. The van der Waals surface area contributed by atoms with E-state index < -0.39 is 6.04 Å². The lowest BCUT2D eigenvalue weighted by atomic mass is 9.93. The van der Waals surface area contributed by atoms with Gasteiger partial charge >= 0.3 is 0 Å². The van der Waals surface area contributed by atoms with Crippen molar-refractivity contribution in [3.05, 3.63) is 50.9 Å². The van der Waals surface area contributed by atoms with E-state index in [9.17, 15) is 4.79 Å². The molecule has 2 aromatic heterocycles. The van der Waals surface area contributed by atoms with Gasteiger partial charge in [-0.1, -0.05) is 23.8 Å². The van der Waals surface area contributed by atoms with Gasteiger partial charge < -0.3 is 5.32 Å². The summed E-state index contributed by atoms with van der Waals surface area (Å²) in [5.41, 5.74) is 2.71. The Bertz CT molecular complexity index is 772. The number of aryl methyl sites for hydroxylation is 2. The zero-order chi connectivity index (χ0) is 17.1. The van der Waals surface area contributed by atoms with E-state index in [0.29, 0.717) is 20.7 Å². The first-order chi connectivity index (χ1) is 11.6. The van der Waals surface area contributed by atoms with E-state index in [-0.39, 0.29) is 5.78 Å². The number of thiophene rings is 1. The SMILES string of the molecule is CCNC(=S)C(C(=O)c1ccc(Cl)s1)[n+]1ccc2c(c1)CCCC2. The van der Waals surface area contributed by atoms with Crippen LogP contribution >= 0.6 is 35.2 Å². The summed E-state index contributed by atoms with van der Waals surface area (Å²) in [6.07, 6.45) is 8.70. The number of halogens is 1. The molecule has 1 N–H and O–H groups in total. The van der Waals surface area contributed by atoms with Crippen LogP contribution in [0.15, 0.2) is 30.6 Å². The Kier molecular flexibility index (Phi) is 5.64. The number of nitrogens with one attached hydrogen (secondary N) is 1. The summed E-state index contributed by atoms with van der Waals surface area (Å²) in [5, 5.41) is 3.14. The van der Waals surface area contributed by atoms with Crippen molar-refractivity contribution < 1.29 is 9.36 Å². The van der Waals surface area contributed by atoms with Gasteiger partial charge in [0.1, 0.15) is 0 Å². The predicted octanol–water partition coefficient (Wildman–Crippen LogP) is 3.93. The van der Waals surface area contributed by atoms with Gasteiger partial charge in [-0.2, -0.15) is 4.57 Å². The topological polar surface area (TPSA) is 33.0 Å². The lowest BCUT2D eigenvalue weighted by Gasteiger charge is -2.17. The molecule has 6 heteroatoms. The summed E-state index contributed by atoms with van der Waals surface area (Å²) in [5.74, 6) is -0.0152. The number of aromatic nitrogens is 1. The maximum atomic E-state index is 13.0. The highest BCUT2D eigenvalue weighted by Crippen LogP contribution is 2.25. The molecule has 1 unspecified atom stereocenters. The fourth-order valence-electron chi connectivity index (χ4n) is 3.09. The third kappa shape index (κ3) is 3.68. The van der Waals surface area contributed by atoms with Crippen molar-refractivity contribution >= 4 is 45.9 Å². The van der Waals surface area contributed by atoms with Crippen molar-refractivity contribution in [2.75, 3.05) is 6.54 Å². The van der Waals surface area contributed by atoms with Crippen LogP contribution in [0.4, 0.5) is 0 Å². The first-order valence-corrected chi connectivity index (χ1v) is 9.80. The zero-order valence-corrected chi connectivity index (χ0v) is 15.9. The van der Waals surface area contributed by atoms with Crippen LogP contribution in [-0.2, 0) is 12.8 Å². The second kappa shape index (κ2) is 7.72. The van der Waals surface area contributed by atoms with Gasteiger partial charge in [0.25, 0.3) is 6.04 Å². The van der Waals surface area contributed by atoms with Crippen LogP contribution in [0.3, 0.4) is 0 Å². The van der Waals surface area contributed by atoms with E-state index in [0.717, 1.165) is 12.8 Å². The van der Waals surface area contributed by atoms with Gasteiger partial charge in [0.15, 0.2) is 17.4 Å². The maximum absolute atomic E-state index is 13.0. The fraction of sp³-hybridized carbons (Fsp3) is 0.389. The molecule has 3 rings (SSSR count). The number of hydrogen-bond donors (Lipinski definition) is 1. The van der Waals surface area contributed by atoms with Crippen LogP contribution in [0, 0.1) is 0 Å². The molecule has 2 heterocycles. The first kappa shape index (κ1) is 17.5. The molecule has 1 aliphatic rings. The van der Waals surface area contributed by atoms with E-state index in [1.807, 2.05) is 17.7 Å². The molecule has 0 spiro atoms. The minimum Gasteiger partial charge on any atom is -0.374 e. The Morgan fingerprint density at radius 2 is 2.08 bits per heavy atom. The molecule has 3 nitrogen and oxygen atoms in total. The number of pyridine rings is 1. The molecule has 0 aromatic carbocycles. The second-order valence-corrected chi connectivity index (χ2v) is 8.07. The average Bonchev–Trinajstić information content (AvgIpc) is 3.02. The number of likely N-dealkylation sites (N-methyl/N-ethyl adjacent to an activating group) is 1. The molecule has 0 amide bonds. The van der Waals surface area contributed by atoms with Gasteiger partial charge in [0.05, 0.1) is 9.21 Å². The van der Waals surface area contributed by atoms with Crippen molar-refractivity contribution in [3.8, 4) is 0 Å². The number of carbonyl (C=O) groups is 1. The van der Waals surface area contributed by atoms with Gasteiger partial charge in [0, 0.05) is 18.2 Å². The molecule has 0 radical (unpaired) electrons. The molecule has 0 saturated heterocycles. The molecule has 2 aromatic rings. The number of rotatable bonds is 5. The maximum Gasteiger partial charge on any atom is 0.271 e. The summed E-state index contributed by atoms with van der Waals surface area (Å²) in [6.45, 7) is 2.67. The van der Waals surface area contributed by atoms with Crippen molar-refractivity contribution in [1.29, 1.82) is 0 Å². The Labute approximate surface area is 156 Å². The summed E-state index contributed by atoms with van der Waals surface area (Å²) in [7, 11) is 0. The van der Waals surface area contributed by atoms with E-state index >= 15 is 0 Å². The largest absolute Gasteiger partial charge is 0.374 e. The molecule has 0 saturated carbocycles. The van der Waals surface area contributed by atoms with Crippen LogP contribution < -0.4 is 9.88 Å². The minimum absolute atomic E-state index is 0.0152. The summed E-state index contributed by atoms with van der Waals surface area (Å²) in [4.78, 5) is 14.2. The Morgan fingerprint density at radius 1 is 1.33 bits per heavy atom. The molecule has 24 heavy (non-hydrogen) atoms. The van der Waals surface area contributed by atoms with E-state index in [4.69, 9.17) is 23.8 Å². The average molecular weight is 380 g/mol. The highest BCUT2D eigenvalue weighted by molar-refractivity contribution is 7.80. The fourth-order valence-corrected chi connectivity index (χ4v) is 4.47. The molecule has 1 aliphatic carbocycles. The van der Waals surface area contributed by atoms with Gasteiger partial charge in [-0.25, -0.2) is 0 Å². The predicted molar refractivity (Wildman–Crippen MR) is 102 cm³/mol. The Morgan fingerprint density at radius 3 is 2.75 bits per heavy atom. The third-order valence-electron chi connectivity index (χ3n) is 4.27. The Hall–Kier alpha value is -1.30. The van der Waals surface area contributed by atoms with Crippen LogP contribution in [0.2, 0.25) is 4.34 Å². The van der Waals surface area contributed by atoms with Crippen LogP contribution in [0.1, 0.15) is 46.6 Å². The normalized spacial score (nSPS) is 14.8. The third-order valence-corrected chi connectivity index (χ3v) is 5.88.